The average molecular weight is 258 g/mol. The van der Waals surface area contributed by atoms with E-state index in [0.717, 1.165) is 11.3 Å². The minimum Gasteiger partial charge on any atom is -0.477 e. The van der Waals surface area contributed by atoms with Crippen LogP contribution in [0.15, 0.2) is 24.4 Å². The van der Waals surface area contributed by atoms with Crippen LogP contribution in [0.2, 0.25) is 5.02 Å². The van der Waals surface area contributed by atoms with Crippen LogP contribution in [0, 0.1) is 5.82 Å². The minimum absolute atomic E-state index is 0.00965. The molecule has 82 valence electrons. The zero-order chi connectivity index (χ0) is 11.7. The Labute approximate surface area is 99.1 Å². The lowest BCUT2D eigenvalue weighted by Gasteiger charge is -1.99. The summed E-state index contributed by atoms with van der Waals surface area (Å²) in [4.78, 5) is 14.6. The minimum atomic E-state index is -1.08. The van der Waals surface area contributed by atoms with Gasteiger partial charge >= 0.3 is 5.97 Å². The van der Waals surface area contributed by atoms with Crippen molar-refractivity contribution in [3.8, 4) is 10.6 Å². The third kappa shape index (κ3) is 1.91. The van der Waals surface area contributed by atoms with E-state index in [-0.39, 0.29) is 15.5 Å². The zero-order valence-corrected chi connectivity index (χ0v) is 9.35. The first-order chi connectivity index (χ1) is 7.59. The summed E-state index contributed by atoms with van der Waals surface area (Å²) in [5.41, 5.74) is 0.213. The summed E-state index contributed by atoms with van der Waals surface area (Å²) in [6, 6.07) is 4.51. The van der Waals surface area contributed by atoms with Crippen LogP contribution in [-0.2, 0) is 0 Å². The number of carboxylic acid groups (broad SMARTS) is 1. The number of hydrogen-bond acceptors (Lipinski definition) is 3. The Morgan fingerprint density at radius 2 is 2.25 bits per heavy atom. The lowest BCUT2D eigenvalue weighted by Crippen LogP contribution is -1.89. The number of aromatic carboxylic acids is 1. The van der Waals surface area contributed by atoms with Gasteiger partial charge in [-0.1, -0.05) is 17.7 Å². The molecule has 0 unspecified atom stereocenters. The first kappa shape index (κ1) is 11.0. The van der Waals surface area contributed by atoms with Crippen molar-refractivity contribution in [3.05, 3.63) is 40.1 Å². The number of aromatic nitrogens is 1. The molecule has 0 bridgehead atoms. The van der Waals surface area contributed by atoms with Crippen molar-refractivity contribution in [2.45, 2.75) is 0 Å². The molecule has 0 saturated carbocycles. The van der Waals surface area contributed by atoms with Gasteiger partial charge in [0.2, 0.25) is 0 Å². The van der Waals surface area contributed by atoms with E-state index < -0.39 is 11.8 Å². The fourth-order valence-electron chi connectivity index (χ4n) is 1.17. The van der Waals surface area contributed by atoms with Gasteiger partial charge in [0, 0.05) is 5.56 Å². The van der Waals surface area contributed by atoms with Gasteiger partial charge in [-0.15, -0.1) is 11.3 Å². The first-order valence-corrected chi connectivity index (χ1v) is 5.42. The van der Waals surface area contributed by atoms with Crippen LogP contribution in [0.25, 0.3) is 10.6 Å². The molecule has 3 nitrogen and oxygen atoms in total. The van der Waals surface area contributed by atoms with E-state index in [1.807, 2.05) is 0 Å². The molecule has 1 heterocycles. The molecule has 2 aromatic rings. The van der Waals surface area contributed by atoms with Crippen LogP contribution in [0.3, 0.4) is 0 Å². The Balaban J connectivity index is 2.50. The maximum absolute atomic E-state index is 13.6. The maximum Gasteiger partial charge on any atom is 0.347 e. The topological polar surface area (TPSA) is 50.2 Å². The third-order valence-electron chi connectivity index (χ3n) is 1.90. The molecule has 2 rings (SSSR count). The molecule has 1 N–H and O–H groups in total. The molecule has 1 aromatic heterocycles. The van der Waals surface area contributed by atoms with E-state index in [1.54, 1.807) is 6.07 Å². The lowest BCUT2D eigenvalue weighted by atomic mass is 10.2. The molecule has 0 fully saturated rings. The third-order valence-corrected chi connectivity index (χ3v) is 3.21. The predicted molar refractivity (Wildman–Crippen MR) is 59.5 cm³/mol. The number of rotatable bonds is 2. The van der Waals surface area contributed by atoms with E-state index >= 15 is 0 Å². The van der Waals surface area contributed by atoms with Gasteiger partial charge in [0.05, 0.1) is 11.2 Å². The summed E-state index contributed by atoms with van der Waals surface area (Å²) in [5.74, 6) is -1.67. The summed E-state index contributed by atoms with van der Waals surface area (Å²) in [7, 11) is 0. The van der Waals surface area contributed by atoms with Crippen molar-refractivity contribution in [2.75, 3.05) is 0 Å². The van der Waals surface area contributed by atoms with Crippen molar-refractivity contribution in [3.63, 3.8) is 0 Å². The number of hydrogen-bond donors (Lipinski definition) is 1. The molecule has 0 saturated heterocycles. The number of benzene rings is 1. The molecule has 0 aliphatic rings. The Morgan fingerprint density at radius 3 is 2.88 bits per heavy atom. The van der Waals surface area contributed by atoms with Crippen molar-refractivity contribution in [1.29, 1.82) is 0 Å². The molecule has 0 amide bonds. The molecular weight excluding hydrogens is 253 g/mol. The second-order valence-electron chi connectivity index (χ2n) is 2.94. The van der Waals surface area contributed by atoms with Gasteiger partial charge in [-0.25, -0.2) is 14.2 Å². The van der Waals surface area contributed by atoms with Gasteiger partial charge in [0.25, 0.3) is 0 Å². The Hall–Kier alpha value is -1.46. The monoisotopic (exact) mass is 257 g/mol. The Kier molecular flexibility index (Phi) is 2.89. The van der Waals surface area contributed by atoms with Crippen molar-refractivity contribution in [1.82, 2.24) is 4.98 Å². The lowest BCUT2D eigenvalue weighted by molar-refractivity contribution is 0.0702. The fraction of sp³-hybridized carbons (Fsp3) is 0. The van der Waals surface area contributed by atoms with E-state index in [1.165, 1.54) is 18.3 Å². The number of carbonyl (C=O) groups is 1. The standard InChI is InChI=1S/C10H5ClFNO2S/c11-6-3-1-2-5(8(6)12)9-13-4-7(16-9)10(14)15/h1-4H,(H,14,15). The van der Waals surface area contributed by atoms with Crippen molar-refractivity contribution in [2.24, 2.45) is 0 Å². The van der Waals surface area contributed by atoms with Gasteiger partial charge in [0.15, 0.2) is 5.82 Å². The number of thiazole rings is 1. The number of carboxylic acids is 1. The summed E-state index contributed by atoms with van der Waals surface area (Å²) in [6.07, 6.45) is 1.20. The summed E-state index contributed by atoms with van der Waals surface area (Å²) in [6.45, 7) is 0. The van der Waals surface area contributed by atoms with Gasteiger partial charge in [-0.2, -0.15) is 0 Å². The summed E-state index contributed by atoms with van der Waals surface area (Å²) in [5, 5.41) is 9.01. The molecule has 0 aliphatic carbocycles. The maximum atomic E-state index is 13.6. The highest BCUT2D eigenvalue weighted by Crippen LogP contribution is 2.30. The zero-order valence-electron chi connectivity index (χ0n) is 7.78. The van der Waals surface area contributed by atoms with Gasteiger partial charge in [-0.05, 0) is 12.1 Å². The molecule has 0 atom stereocenters. The van der Waals surface area contributed by atoms with E-state index in [9.17, 15) is 9.18 Å². The largest absolute Gasteiger partial charge is 0.477 e. The molecule has 1 aromatic carbocycles. The number of nitrogens with zero attached hydrogens (tertiary/aromatic N) is 1. The average Bonchev–Trinajstić information content (AvgIpc) is 2.71. The van der Waals surface area contributed by atoms with E-state index in [4.69, 9.17) is 16.7 Å². The van der Waals surface area contributed by atoms with Crippen LogP contribution in [0.4, 0.5) is 4.39 Å². The highest BCUT2D eigenvalue weighted by atomic mass is 35.5. The highest BCUT2D eigenvalue weighted by molar-refractivity contribution is 7.16. The van der Waals surface area contributed by atoms with Crippen LogP contribution >= 0.6 is 22.9 Å². The molecule has 0 spiro atoms. The summed E-state index contributed by atoms with van der Waals surface area (Å²) < 4.78 is 13.6. The van der Waals surface area contributed by atoms with Crippen LogP contribution in [-0.4, -0.2) is 16.1 Å². The molecular formula is C10H5ClFNO2S. The SMILES string of the molecule is O=C(O)c1cnc(-c2cccc(Cl)c2F)s1. The Morgan fingerprint density at radius 1 is 1.50 bits per heavy atom. The predicted octanol–water partition coefficient (Wildman–Crippen LogP) is 3.30. The Bertz CT molecular complexity index is 556. The number of halogens is 2. The van der Waals surface area contributed by atoms with E-state index in [2.05, 4.69) is 4.98 Å². The normalized spacial score (nSPS) is 10.4. The summed E-state index contributed by atoms with van der Waals surface area (Å²) >= 11 is 6.53. The molecule has 0 radical (unpaired) electrons. The van der Waals surface area contributed by atoms with Crippen molar-refractivity contribution < 1.29 is 14.3 Å². The molecule has 6 heteroatoms. The first-order valence-electron chi connectivity index (χ1n) is 4.23. The van der Waals surface area contributed by atoms with E-state index in [0.29, 0.717) is 5.01 Å². The highest BCUT2D eigenvalue weighted by Gasteiger charge is 2.14. The second kappa shape index (κ2) is 4.19. The van der Waals surface area contributed by atoms with Gasteiger partial charge in [0.1, 0.15) is 9.88 Å². The van der Waals surface area contributed by atoms with Crippen LogP contribution < -0.4 is 0 Å². The second-order valence-corrected chi connectivity index (χ2v) is 4.37. The smallest absolute Gasteiger partial charge is 0.347 e. The van der Waals surface area contributed by atoms with Crippen LogP contribution in [0.1, 0.15) is 9.67 Å². The van der Waals surface area contributed by atoms with Crippen molar-refractivity contribution >= 4 is 28.9 Å². The fourth-order valence-corrected chi connectivity index (χ4v) is 2.12. The molecule has 16 heavy (non-hydrogen) atoms. The molecule has 0 aliphatic heterocycles. The van der Waals surface area contributed by atoms with Gasteiger partial charge in [-0.3, -0.25) is 0 Å². The van der Waals surface area contributed by atoms with Gasteiger partial charge < -0.3 is 5.11 Å². The van der Waals surface area contributed by atoms with Crippen LogP contribution in [0.5, 0.6) is 0 Å². The quantitative estimate of drug-likeness (QED) is 0.898.